The summed E-state index contributed by atoms with van der Waals surface area (Å²) in [6.07, 6.45) is 9.81. The third kappa shape index (κ3) is 11.0. The van der Waals surface area contributed by atoms with E-state index in [1.54, 1.807) is 75.6 Å². The van der Waals surface area contributed by atoms with Gasteiger partial charge in [0.25, 0.3) is 5.91 Å². The molecule has 3 saturated carbocycles. The molecular formula is C50H59F4NO8. The van der Waals surface area contributed by atoms with Gasteiger partial charge in [0.15, 0.2) is 0 Å². The van der Waals surface area contributed by atoms with Crippen LogP contribution in [0.4, 0.5) is 17.6 Å². The Bertz CT molecular complexity index is 2160. The van der Waals surface area contributed by atoms with Gasteiger partial charge in [-0.2, -0.15) is 0 Å². The average molecular weight is 878 g/mol. The van der Waals surface area contributed by atoms with E-state index in [2.05, 4.69) is 4.74 Å². The zero-order chi connectivity index (χ0) is 46.5. The predicted octanol–water partition coefficient (Wildman–Crippen LogP) is 10.5. The molecule has 0 heterocycles. The molecule has 0 aromatic heterocycles. The van der Waals surface area contributed by atoms with Gasteiger partial charge in [-0.3, -0.25) is 24.4 Å². The normalized spacial score (nSPS) is 16.5. The van der Waals surface area contributed by atoms with E-state index in [0.717, 1.165) is 56.9 Å². The Balaban J connectivity index is 0.000000185. The lowest BCUT2D eigenvalue weighted by Gasteiger charge is -2.28. The summed E-state index contributed by atoms with van der Waals surface area (Å²) in [5, 5.41) is 18.3. The number of carbonyl (C=O) groups excluding carboxylic acids is 3. The van der Waals surface area contributed by atoms with Gasteiger partial charge in [-0.25, -0.2) is 23.0 Å². The third-order valence-corrected chi connectivity index (χ3v) is 13.2. The van der Waals surface area contributed by atoms with Crippen LogP contribution in [0.3, 0.4) is 0 Å². The molecular weight excluding hydrogens is 819 g/mol. The van der Waals surface area contributed by atoms with Crippen LogP contribution in [0.2, 0.25) is 0 Å². The number of benzene rings is 4. The van der Waals surface area contributed by atoms with Crippen LogP contribution < -0.4 is 5.48 Å². The van der Waals surface area contributed by atoms with Crippen molar-refractivity contribution in [2.24, 2.45) is 0 Å². The molecule has 0 unspecified atom stereocenters. The van der Waals surface area contributed by atoms with Crippen molar-refractivity contribution >= 4 is 23.8 Å². The maximum absolute atomic E-state index is 13.6. The van der Waals surface area contributed by atoms with E-state index in [4.69, 9.17) is 9.94 Å². The van der Waals surface area contributed by atoms with Crippen molar-refractivity contribution in [3.05, 3.63) is 141 Å². The van der Waals surface area contributed by atoms with Crippen molar-refractivity contribution in [1.82, 2.24) is 5.48 Å². The fourth-order valence-corrected chi connectivity index (χ4v) is 9.49. The van der Waals surface area contributed by atoms with Crippen LogP contribution in [0, 0.1) is 51.0 Å². The minimum atomic E-state index is -0.855. The second kappa shape index (κ2) is 22.2. The van der Waals surface area contributed by atoms with E-state index >= 15 is 0 Å². The van der Waals surface area contributed by atoms with E-state index in [1.165, 1.54) is 38.5 Å². The summed E-state index contributed by atoms with van der Waals surface area (Å²) in [7, 11) is 2.72. The second-order valence-corrected chi connectivity index (χ2v) is 16.6. The van der Waals surface area contributed by atoms with Crippen molar-refractivity contribution in [2.45, 2.75) is 127 Å². The van der Waals surface area contributed by atoms with E-state index < -0.39 is 28.1 Å². The molecule has 3 aliphatic rings. The van der Waals surface area contributed by atoms with Gasteiger partial charge in [0.1, 0.15) is 23.3 Å². The molecule has 0 atom stereocenters. The quantitative estimate of drug-likeness (QED) is 0.0688. The number of carboxylic acids is 1. The van der Waals surface area contributed by atoms with Crippen molar-refractivity contribution in [2.75, 3.05) is 14.2 Å². The van der Waals surface area contributed by atoms with E-state index in [-0.39, 0.29) is 41.6 Å². The van der Waals surface area contributed by atoms with E-state index in [9.17, 15) is 41.8 Å². The Hall–Kier alpha value is -5.56. The molecule has 13 heteroatoms. The number of rotatable bonds is 8. The van der Waals surface area contributed by atoms with Gasteiger partial charge < -0.3 is 14.6 Å². The monoisotopic (exact) mass is 877 g/mol. The van der Waals surface area contributed by atoms with Gasteiger partial charge in [-0.05, 0) is 135 Å². The van der Waals surface area contributed by atoms with Crippen molar-refractivity contribution in [3.8, 4) is 0 Å². The maximum atomic E-state index is 13.6. The summed E-state index contributed by atoms with van der Waals surface area (Å²) < 4.78 is 63.1. The summed E-state index contributed by atoms with van der Waals surface area (Å²) in [6.45, 7) is 6.71. The van der Waals surface area contributed by atoms with Gasteiger partial charge in [0.05, 0.1) is 36.9 Å². The number of esters is 2. The Morgan fingerprint density at radius 1 is 0.540 bits per heavy atom. The summed E-state index contributed by atoms with van der Waals surface area (Å²) in [5.74, 6) is -3.00. The van der Waals surface area contributed by atoms with Gasteiger partial charge in [-0.1, -0.05) is 87.1 Å². The molecule has 63 heavy (non-hydrogen) atoms. The number of nitrogens with one attached hydrogen (secondary N) is 1. The molecule has 0 aliphatic heterocycles. The van der Waals surface area contributed by atoms with E-state index in [0.29, 0.717) is 64.6 Å². The van der Waals surface area contributed by atoms with Crippen LogP contribution in [0.1, 0.15) is 122 Å². The highest BCUT2D eigenvalue weighted by Crippen LogP contribution is 2.45. The standard InChI is InChI=1S/C14H17FO2.C13H16FNO2.C13H15FO2.C10H11FO2/c1-10-11(6-5-7-12(10)15)14(13(16)17-2)8-3-4-9-14;1-9-10(5-4-6-11(9)14)13(12(16)15-17)7-2-3-8-13;1-9-10(5-4-6-11(9)14)13(12(15)16)7-2-3-8-13;1-7-8(6-10(12)13-2)4-3-5-9(7)11/h5-7H,3-4,8-9H2,1-2H3;4-6,17H,2-3,7-8H2,1H3,(H,15,16);4-6H,2-3,7-8H2,1H3,(H,15,16);3-5H,6H2,1-2H3. The molecule has 0 saturated heterocycles. The SMILES string of the molecule is COC(=O)C1(c2cccc(F)c2C)CCCC1.COC(=O)Cc1cccc(F)c1C.Cc1c(F)cccc1C1(C(=O)NO)CCCC1.Cc1c(F)cccc1C1(C(=O)O)CCCC1. The first-order valence-electron chi connectivity index (χ1n) is 21.3. The smallest absolute Gasteiger partial charge is 0.316 e. The molecule has 4 aromatic carbocycles. The van der Waals surface area contributed by atoms with Crippen LogP contribution in [0.25, 0.3) is 0 Å². The van der Waals surface area contributed by atoms with E-state index in [1.807, 2.05) is 6.07 Å². The summed E-state index contributed by atoms with van der Waals surface area (Å²) in [5.41, 5.74) is 4.36. The number of hydrogen-bond acceptors (Lipinski definition) is 7. The molecule has 0 spiro atoms. The average Bonchev–Trinajstić information content (AvgIpc) is 4.09. The number of amides is 1. The summed E-state index contributed by atoms with van der Waals surface area (Å²) in [6, 6.07) is 19.1. The Morgan fingerprint density at radius 2 is 0.889 bits per heavy atom. The molecule has 0 radical (unpaired) electrons. The molecule has 0 bridgehead atoms. The zero-order valence-electron chi connectivity index (χ0n) is 37.0. The second-order valence-electron chi connectivity index (χ2n) is 16.6. The van der Waals surface area contributed by atoms with Crippen molar-refractivity contribution in [1.29, 1.82) is 0 Å². The lowest BCUT2D eigenvalue weighted by atomic mass is 9.76. The largest absolute Gasteiger partial charge is 0.481 e. The molecule has 7 rings (SSSR count). The Morgan fingerprint density at radius 3 is 1.27 bits per heavy atom. The van der Waals surface area contributed by atoms with Crippen molar-refractivity contribution in [3.63, 3.8) is 0 Å². The molecule has 340 valence electrons. The maximum Gasteiger partial charge on any atom is 0.316 e. The lowest BCUT2D eigenvalue weighted by Crippen LogP contribution is -2.41. The molecule has 1 amide bonds. The fourth-order valence-electron chi connectivity index (χ4n) is 9.49. The highest BCUT2D eigenvalue weighted by molar-refractivity contribution is 5.88. The third-order valence-electron chi connectivity index (χ3n) is 13.2. The fraction of sp³-hybridized carbons (Fsp3) is 0.440. The van der Waals surface area contributed by atoms with Crippen LogP contribution >= 0.6 is 0 Å². The molecule has 9 nitrogen and oxygen atoms in total. The van der Waals surface area contributed by atoms with Crippen molar-refractivity contribution < 1.29 is 56.5 Å². The first-order valence-corrected chi connectivity index (χ1v) is 21.3. The van der Waals surface area contributed by atoms with Gasteiger partial charge >= 0.3 is 17.9 Å². The number of hydroxylamine groups is 1. The first-order chi connectivity index (χ1) is 30.0. The first kappa shape index (κ1) is 50.1. The van der Waals surface area contributed by atoms with Gasteiger partial charge in [0, 0.05) is 0 Å². The Kier molecular flexibility index (Phi) is 17.6. The number of halogens is 4. The minimum absolute atomic E-state index is 0.125. The van der Waals surface area contributed by atoms with Crippen LogP contribution in [0.15, 0.2) is 72.8 Å². The molecule has 4 aromatic rings. The highest BCUT2D eigenvalue weighted by Gasteiger charge is 2.46. The molecule has 3 aliphatic carbocycles. The minimum Gasteiger partial charge on any atom is -0.481 e. The Labute approximate surface area is 367 Å². The summed E-state index contributed by atoms with van der Waals surface area (Å²) >= 11 is 0. The van der Waals surface area contributed by atoms with Crippen LogP contribution in [0.5, 0.6) is 0 Å². The lowest BCUT2D eigenvalue weighted by molar-refractivity contribution is -0.147. The number of aliphatic carboxylic acids is 1. The number of hydrogen-bond donors (Lipinski definition) is 3. The van der Waals surface area contributed by atoms with Crippen LogP contribution in [-0.4, -0.2) is 48.3 Å². The van der Waals surface area contributed by atoms with Gasteiger partial charge in [-0.15, -0.1) is 0 Å². The van der Waals surface area contributed by atoms with Gasteiger partial charge in [0.2, 0.25) is 0 Å². The predicted molar refractivity (Wildman–Crippen MR) is 230 cm³/mol. The zero-order valence-corrected chi connectivity index (χ0v) is 37.0. The number of carboxylic acid groups (broad SMARTS) is 1. The molecule has 3 fully saturated rings. The van der Waals surface area contributed by atoms with Crippen LogP contribution in [-0.2, 0) is 51.3 Å². The number of ether oxygens (including phenoxy) is 2. The molecule has 3 N–H and O–H groups in total. The highest BCUT2D eigenvalue weighted by atomic mass is 19.1. The number of carbonyl (C=O) groups is 4. The topological polar surface area (TPSA) is 139 Å². The summed E-state index contributed by atoms with van der Waals surface area (Å²) in [4.78, 5) is 46.3. The number of methoxy groups -OCH3 is 2.